The van der Waals surface area contributed by atoms with Gasteiger partial charge in [0.2, 0.25) is 0 Å². The molecule has 1 N–H and O–H groups in total. The highest BCUT2D eigenvalue weighted by atomic mass is 79.9. The third kappa shape index (κ3) is 2.66. The number of benzene rings is 2. The van der Waals surface area contributed by atoms with Crippen molar-refractivity contribution in [3.05, 3.63) is 64.6 Å². The van der Waals surface area contributed by atoms with E-state index < -0.39 is 10.1 Å². The Balaban J connectivity index is 1.85. The van der Waals surface area contributed by atoms with E-state index in [0.29, 0.717) is 0 Å². The Morgan fingerprint density at radius 3 is 2.42 bits per heavy atom. The smallest absolute Gasteiger partial charge is 0.0437 e. The summed E-state index contributed by atoms with van der Waals surface area (Å²) in [6, 6.07) is 18.3. The zero-order chi connectivity index (χ0) is 13.3. The predicted octanol–water partition coefficient (Wildman–Crippen LogP) is 3.47. The summed E-state index contributed by atoms with van der Waals surface area (Å²) in [5, 5.41) is 0. The molecule has 1 atom stereocenters. The van der Waals surface area contributed by atoms with Gasteiger partial charge in [-0.05, 0) is 46.4 Å². The monoisotopic (exact) mass is 337 g/mol. The van der Waals surface area contributed by atoms with E-state index in [1.165, 1.54) is 5.56 Å². The molecular weight excluding hydrogens is 322 g/mol. The van der Waals surface area contributed by atoms with Gasteiger partial charge in [0.15, 0.2) is 0 Å². The minimum Gasteiger partial charge on any atom is -0.267 e. The summed E-state index contributed by atoms with van der Waals surface area (Å²) < 4.78 is 17.4. The van der Waals surface area contributed by atoms with Crippen molar-refractivity contribution in [2.75, 3.05) is 5.75 Å². The van der Waals surface area contributed by atoms with Crippen LogP contribution in [0.2, 0.25) is 0 Å². The third-order valence-corrected chi connectivity index (χ3v) is 6.82. The van der Waals surface area contributed by atoms with Crippen molar-refractivity contribution in [1.82, 2.24) is 4.72 Å². The Hall–Kier alpha value is -0.970. The highest BCUT2D eigenvalue weighted by Crippen LogP contribution is 2.32. The van der Waals surface area contributed by atoms with Gasteiger partial charge in [-0.15, -0.1) is 0 Å². The highest BCUT2D eigenvalue weighted by Gasteiger charge is 2.30. The molecule has 0 aliphatic carbocycles. The van der Waals surface area contributed by atoms with E-state index in [-0.39, 0.29) is 6.04 Å². The SMILES string of the molecule is O=[SH]1(c2ccc(Br)cc2)CC[C@@H](c2ccccc2)N1. The first-order valence-electron chi connectivity index (χ1n) is 6.35. The molecule has 1 aliphatic rings. The van der Waals surface area contributed by atoms with Gasteiger partial charge in [0.05, 0.1) is 0 Å². The van der Waals surface area contributed by atoms with Crippen LogP contribution in [0.1, 0.15) is 18.0 Å². The molecule has 19 heavy (non-hydrogen) atoms. The summed E-state index contributed by atoms with van der Waals surface area (Å²) in [7, 11) is -2.43. The minimum absolute atomic E-state index is 0.204. The maximum Gasteiger partial charge on any atom is 0.0437 e. The molecule has 100 valence electrons. The van der Waals surface area contributed by atoms with Crippen molar-refractivity contribution < 1.29 is 4.21 Å². The van der Waals surface area contributed by atoms with E-state index in [1.807, 2.05) is 42.5 Å². The molecule has 0 saturated carbocycles. The Morgan fingerprint density at radius 1 is 1.05 bits per heavy atom. The molecule has 0 amide bonds. The number of nitrogens with one attached hydrogen (secondary N) is 1. The van der Waals surface area contributed by atoms with Gasteiger partial charge in [0.25, 0.3) is 0 Å². The van der Waals surface area contributed by atoms with Crippen molar-refractivity contribution in [3.63, 3.8) is 0 Å². The van der Waals surface area contributed by atoms with Crippen LogP contribution in [0.3, 0.4) is 0 Å². The van der Waals surface area contributed by atoms with Crippen LogP contribution in [0.25, 0.3) is 0 Å². The van der Waals surface area contributed by atoms with E-state index in [0.717, 1.165) is 21.5 Å². The predicted molar refractivity (Wildman–Crippen MR) is 83.7 cm³/mol. The average Bonchev–Trinajstić information content (AvgIpc) is 2.84. The van der Waals surface area contributed by atoms with Gasteiger partial charge < -0.3 is 0 Å². The summed E-state index contributed by atoms with van der Waals surface area (Å²) in [4.78, 5) is 0.925. The molecule has 1 saturated heterocycles. The van der Waals surface area contributed by atoms with E-state index >= 15 is 0 Å². The molecule has 0 unspecified atom stereocenters. The Kier molecular flexibility index (Phi) is 3.56. The molecule has 1 fully saturated rings. The van der Waals surface area contributed by atoms with Crippen LogP contribution < -0.4 is 4.72 Å². The average molecular weight is 338 g/mol. The first kappa shape index (κ1) is 13.0. The quantitative estimate of drug-likeness (QED) is 0.807. The van der Waals surface area contributed by atoms with Crippen molar-refractivity contribution >= 4 is 26.0 Å². The molecule has 0 aromatic heterocycles. The normalized spacial score (nSPS) is 23.1. The van der Waals surface area contributed by atoms with Gasteiger partial charge in [-0.3, -0.25) is 4.21 Å². The Bertz CT molecular complexity index is 612. The molecule has 0 spiro atoms. The molecular formula is C15H16BrNOS. The van der Waals surface area contributed by atoms with Crippen LogP contribution in [0.4, 0.5) is 0 Å². The lowest BCUT2D eigenvalue weighted by Gasteiger charge is -2.20. The summed E-state index contributed by atoms with van der Waals surface area (Å²) in [6.07, 6.45) is 0.928. The van der Waals surface area contributed by atoms with Crippen molar-refractivity contribution in [1.29, 1.82) is 0 Å². The van der Waals surface area contributed by atoms with E-state index in [4.69, 9.17) is 0 Å². The molecule has 2 aromatic rings. The summed E-state index contributed by atoms with van der Waals surface area (Å²) >= 11 is 3.41. The Labute approximate surface area is 122 Å². The zero-order valence-electron chi connectivity index (χ0n) is 10.4. The first-order chi connectivity index (χ1) is 9.17. The van der Waals surface area contributed by atoms with Crippen molar-refractivity contribution in [2.45, 2.75) is 17.4 Å². The number of rotatable bonds is 2. The van der Waals surface area contributed by atoms with Gasteiger partial charge in [-0.1, -0.05) is 46.3 Å². The third-order valence-electron chi connectivity index (χ3n) is 3.54. The first-order valence-corrected chi connectivity index (χ1v) is 9.04. The van der Waals surface area contributed by atoms with Crippen LogP contribution in [0.5, 0.6) is 0 Å². The molecule has 0 radical (unpaired) electrons. The maximum absolute atomic E-state index is 13.0. The topological polar surface area (TPSA) is 29.1 Å². The number of thiol groups is 1. The summed E-state index contributed by atoms with van der Waals surface area (Å²) in [5.74, 6) is 0.730. The van der Waals surface area contributed by atoms with Gasteiger partial charge in [0.1, 0.15) is 0 Å². The lowest BCUT2D eigenvalue weighted by Crippen LogP contribution is -2.27. The molecule has 4 heteroatoms. The molecule has 2 nitrogen and oxygen atoms in total. The fourth-order valence-corrected chi connectivity index (χ4v) is 5.34. The Morgan fingerprint density at radius 2 is 1.74 bits per heavy atom. The van der Waals surface area contributed by atoms with Crippen LogP contribution in [-0.2, 0) is 10.1 Å². The minimum atomic E-state index is -2.43. The largest absolute Gasteiger partial charge is 0.267 e. The van der Waals surface area contributed by atoms with Crippen LogP contribution >= 0.6 is 15.9 Å². The standard InChI is InChI=1S/C15H16BrNOS/c16-13-6-8-14(9-7-13)19(18)11-10-15(17-19)12-4-2-1-3-5-12/h1-9,15,19H,10-11H2,(H,17,18)/t15-/m0/s1. The number of hydrogen-bond acceptors (Lipinski definition) is 1. The fraction of sp³-hybridized carbons (Fsp3) is 0.200. The molecule has 3 rings (SSSR count). The van der Waals surface area contributed by atoms with Gasteiger partial charge in [-0.2, -0.15) is 0 Å². The lowest BCUT2D eigenvalue weighted by atomic mass is 10.1. The number of hydrogen-bond donors (Lipinski definition) is 2. The summed E-state index contributed by atoms with van der Waals surface area (Å²) in [5.41, 5.74) is 1.22. The maximum atomic E-state index is 13.0. The molecule has 0 bridgehead atoms. The molecule has 1 aliphatic heterocycles. The second-order valence-electron chi connectivity index (χ2n) is 4.82. The number of halogens is 1. The fourth-order valence-electron chi connectivity index (χ4n) is 2.50. The molecule has 2 aromatic carbocycles. The van der Waals surface area contributed by atoms with Crippen LogP contribution in [-0.4, -0.2) is 9.96 Å². The van der Waals surface area contributed by atoms with Crippen LogP contribution in [0.15, 0.2) is 64.0 Å². The lowest BCUT2D eigenvalue weighted by molar-refractivity contribution is 0.650. The second-order valence-corrected chi connectivity index (χ2v) is 8.44. The van der Waals surface area contributed by atoms with E-state index in [2.05, 4.69) is 32.8 Å². The van der Waals surface area contributed by atoms with Crippen LogP contribution in [0, 0.1) is 0 Å². The van der Waals surface area contributed by atoms with Gasteiger partial charge in [0, 0.05) is 21.2 Å². The van der Waals surface area contributed by atoms with Crippen molar-refractivity contribution in [3.8, 4) is 0 Å². The van der Waals surface area contributed by atoms with Crippen molar-refractivity contribution in [2.24, 2.45) is 0 Å². The van der Waals surface area contributed by atoms with Gasteiger partial charge >= 0.3 is 0 Å². The summed E-state index contributed by atoms with van der Waals surface area (Å²) in [6.45, 7) is 0. The van der Waals surface area contributed by atoms with Gasteiger partial charge in [-0.25, -0.2) is 4.72 Å². The highest BCUT2D eigenvalue weighted by molar-refractivity contribution is 9.10. The second kappa shape index (κ2) is 5.19. The van der Waals surface area contributed by atoms with E-state index in [9.17, 15) is 4.21 Å². The molecule has 1 heterocycles. The zero-order valence-corrected chi connectivity index (χ0v) is 12.9. The van der Waals surface area contributed by atoms with E-state index in [1.54, 1.807) is 0 Å².